The Morgan fingerprint density at radius 1 is 1.20 bits per heavy atom. The van der Waals surface area contributed by atoms with E-state index in [2.05, 4.69) is 31.4 Å². The molecule has 0 atom stereocenters. The van der Waals surface area contributed by atoms with Crippen molar-refractivity contribution in [2.45, 2.75) is 27.7 Å². The van der Waals surface area contributed by atoms with Crippen LogP contribution in [0.5, 0.6) is 0 Å². The average molecular weight is 288 g/mol. The maximum atomic E-state index is 10.5. The lowest BCUT2D eigenvalue weighted by molar-refractivity contribution is -0.131. The van der Waals surface area contributed by atoms with Crippen molar-refractivity contribution in [3.05, 3.63) is 62.9 Å². The molecule has 20 heavy (non-hydrogen) atoms. The van der Waals surface area contributed by atoms with E-state index in [-0.39, 0.29) is 0 Å². The molecule has 3 heteroatoms. The minimum absolute atomic E-state index is 0.718. The van der Waals surface area contributed by atoms with Crippen LogP contribution in [0.3, 0.4) is 0 Å². The van der Waals surface area contributed by atoms with Gasteiger partial charge in [-0.3, -0.25) is 0 Å². The Hall–Kier alpha value is -1.87. The molecule has 0 unspecified atom stereocenters. The highest BCUT2D eigenvalue weighted by Crippen LogP contribution is 2.22. The number of hydrogen-bond donors (Lipinski definition) is 1. The number of carboxylic acid groups (broad SMARTS) is 1. The summed E-state index contributed by atoms with van der Waals surface area (Å²) >= 11 is 1.76. The van der Waals surface area contributed by atoms with Crippen molar-refractivity contribution in [2.24, 2.45) is 0 Å². The van der Waals surface area contributed by atoms with E-state index in [1.54, 1.807) is 24.3 Å². The molecule has 2 nitrogen and oxygen atoms in total. The van der Waals surface area contributed by atoms with Gasteiger partial charge in [-0.2, -0.15) is 0 Å². The number of rotatable bonds is 5. The van der Waals surface area contributed by atoms with Crippen molar-refractivity contribution in [1.82, 2.24) is 0 Å². The minimum atomic E-state index is -0.920. The van der Waals surface area contributed by atoms with Gasteiger partial charge in [-0.25, -0.2) is 4.79 Å². The van der Waals surface area contributed by atoms with Crippen LogP contribution >= 0.6 is 11.3 Å². The molecular formula is C17H20O2S. The number of aliphatic carboxylic acids is 1. The highest BCUT2D eigenvalue weighted by atomic mass is 32.1. The Morgan fingerprint density at radius 3 is 2.45 bits per heavy atom. The Morgan fingerprint density at radius 2 is 1.90 bits per heavy atom. The van der Waals surface area contributed by atoms with Crippen LogP contribution in [-0.2, 0) is 4.79 Å². The van der Waals surface area contributed by atoms with Crippen molar-refractivity contribution >= 4 is 23.4 Å². The lowest BCUT2D eigenvalue weighted by atomic mass is 10.1. The van der Waals surface area contributed by atoms with Gasteiger partial charge in [-0.1, -0.05) is 36.0 Å². The summed E-state index contributed by atoms with van der Waals surface area (Å²) in [5.74, 6) is -0.920. The molecule has 0 spiro atoms. The zero-order valence-corrected chi connectivity index (χ0v) is 13.1. The largest absolute Gasteiger partial charge is 0.478 e. The summed E-state index contributed by atoms with van der Waals surface area (Å²) in [6, 6.07) is 0. The number of carboxylic acids is 1. The lowest BCUT2D eigenvalue weighted by Crippen LogP contribution is -1.87. The van der Waals surface area contributed by atoms with Crippen LogP contribution in [-0.4, -0.2) is 11.1 Å². The van der Waals surface area contributed by atoms with Gasteiger partial charge >= 0.3 is 5.97 Å². The SMILES string of the molecule is CC(/C=C/c1c(C)csc1C)=C\C=C\C(C)=C\C(=O)O. The molecule has 1 aromatic heterocycles. The van der Waals surface area contributed by atoms with E-state index < -0.39 is 5.97 Å². The van der Waals surface area contributed by atoms with Gasteiger partial charge in [0.15, 0.2) is 0 Å². The summed E-state index contributed by atoms with van der Waals surface area (Å²) < 4.78 is 0. The molecule has 0 aliphatic rings. The highest BCUT2D eigenvalue weighted by molar-refractivity contribution is 7.10. The molecule has 0 bridgehead atoms. The standard InChI is InChI=1S/C17H20O2S/c1-12(6-5-7-13(2)10-17(18)19)8-9-16-14(3)11-20-15(16)4/h5-11H,1-4H3,(H,18,19)/b7-5+,9-8+,12-6+,13-10+. The van der Waals surface area contributed by atoms with Crippen LogP contribution in [0.1, 0.15) is 29.9 Å². The molecule has 0 radical (unpaired) electrons. The zero-order valence-electron chi connectivity index (χ0n) is 12.3. The number of carbonyl (C=O) groups is 1. The third-order valence-corrected chi connectivity index (χ3v) is 3.84. The summed E-state index contributed by atoms with van der Waals surface area (Å²) in [6.45, 7) is 8.02. The molecule has 106 valence electrons. The van der Waals surface area contributed by atoms with Gasteiger partial charge in [0.1, 0.15) is 0 Å². The summed E-state index contributed by atoms with van der Waals surface area (Å²) in [4.78, 5) is 11.8. The van der Waals surface area contributed by atoms with E-state index in [1.807, 2.05) is 19.1 Å². The van der Waals surface area contributed by atoms with Gasteiger partial charge in [0.2, 0.25) is 0 Å². The van der Waals surface area contributed by atoms with Crippen molar-refractivity contribution in [3.8, 4) is 0 Å². The van der Waals surface area contributed by atoms with Gasteiger partial charge in [-0.05, 0) is 49.8 Å². The molecular weight excluding hydrogens is 268 g/mol. The second-order valence-corrected chi connectivity index (χ2v) is 5.80. The second-order valence-electron chi connectivity index (χ2n) is 4.72. The molecule has 0 aliphatic carbocycles. The minimum Gasteiger partial charge on any atom is -0.478 e. The maximum absolute atomic E-state index is 10.5. The molecule has 0 aromatic carbocycles. The number of allylic oxidation sites excluding steroid dienone is 6. The first-order chi connectivity index (χ1) is 9.40. The van der Waals surface area contributed by atoms with Crippen LogP contribution in [0.25, 0.3) is 6.08 Å². The smallest absolute Gasteiger partial charge is 0.328 e. The van der Waals surface area contributed by atoms with E-state index in [4.69, 9.17) is 5.11 Å². The Balaban J connectivity index is 2.72. The Bertz CT molecular complexity index is 579. The van der Waals surface area contributed by atoms with Crippen LogP contribution in [0, 0.1) is 13.8 Å². The number of aryl methyl sites for hydroxylation is 2. The van der Waals surface area contributed by atoms with E-state index in [0.717, 1.165) is 11.1 Å². The highest BCUT2D eigenvalue weighted by Gasteiger charge is 1.99. The summed E-state index contributed by atoms with van der Waals surface area (Å²) in [6.07, 6.45) is 11.0. The zero-order chi connectivity index (χ0) is 15.1. The van der Waals surface area contributed by atoms with Crippen molar-refractivity contribution in [1.29, 1.82) is 0 Å². The van der Waals surface area contributed by atoms with E-state index in [9.17, 15) is 4.79 Å². The van der Waals surface area contributed by atoms with Crippen molar-refractivity contribution < 1.29 is 9.90 Å². The van der Waals surface area contributed by atoms with Gasteiger partial charge in [0.05, 0.1) is 0 Å². The third kappa shape index (κ3) is 5.41. The van der Waals surface area contributed by atoms with Gasteiger partial charge in [0.25, 0.3) is 0 Å². The molecule has 0 saturated carbocycles. The molecule has 0 saturated heterocycles. The average Bonchev–Trinajstić information content (AvgIpc) is 2.65. The van der Waals surface area contributed by atoms with Crippen molar-refractivity contribution in [2.75, 3.05) is 0 Å². The fourth-order valence-electron chi connectivity index (χ4n) is 1.70. The van der Waals surface area contributed by atoms with Gasteiger partial charge in [-0.15, -0.1) is 11.3 Å². The Kier molecular flexibility index (Phi) is 6.19. The van der Waals surface area contributed by atoms with Gasteiger partial charge in [0, 0.05) is 11.0 Å². The van der Waals surface area contributed by atoms with Crippen LogP contribution in [0.2, 0.25) is 0 Å². The van der Waals surface area contributed by atoms with Gasteiger partial charge < -0.3 is 5.11 Å². The van der Waals surface area contributed by atoms with Crippen molar-refractivity contribution in [3.63, 3.8) is 0 Å². The summed E-state index contributed by atoms with van der Waals surface area (Å²) in [7, 11) is 0. The lowest BCUT2D eigenvalue weighted by Gasteiger charge is -1.94. The van der Waals surface area contributed by atoms with E-state index in [0.29, 0.717) is 0 Å². The van der Waals surface area contributed by atoms with Crippen LogP contribution < -0.4 is 0 Å². The Labute approximate surface area is 124 Å². The first-order valence-electron chi connectivity index (χ1n) is 6.39. The summed E-state index contributed by atoms with van der Waals surface area (Å²) in [5, 5.41) is 10.8. The maximum Gasteiger partial charge on any atom is 0.328 e. The molecule has 0 fully saturated rings. The van der Waals surface area contributed by atoms with E-state index >= 15 is 0 Å². The predicted octanol–water partition coefficient (Wildman–Crippen LogP) is 4.91. The monoisotopic (exact) mass is 288 g/mol. The second kappa shape index (κ2) is 7.65. The van der Waals surface area contributed by atoms with E-state index in [1.165, 1.54) is 22.1 Å². The quantitative estimate of drug-likeness (QED) is 0.617. The normalized spacial score (nSPS) is 13.6. The molecule has 1 rings (SSSR count). The predicted molar refractivity (Wildman–Crippen MR) is 87.1 cm³/mol. The van der Waals surface area contributed by atoms with Crippen LogP contribution in [0.15, 0.2) is 46.9 Å². The molecule has 0 amide bonds. The third-order valence-electron chi connectivity index (χ3n) is 2.80. The summed E-state index contributed by atoms with van der Waals surface area (Å²) in [5.41, 5.74) is 4.42. The molecule has 0 aliphatic heterocycles. The topological polar surface area (TPSA) is 37.3 Å². The number of hydrogen-bond acceptors (Lipinski definition) is 2. The fraction of sp³-hybridized carbons (Fsp3) is 0.235. The fourth-order valence-corrected chi connectivity index (χ4v) is 2.53. The number of thiophene rings is 1. The molecule has 1 N–H and O–H groups in total. The van der Waals surface area contributed by atoms with Crippen LogP contribution in [0.4, 0.5) is 0 Å². The molecule has 1 aromatic rings. The first kappa shape index (κ1) is 16.2. The first-order valence-corrected chi connectivity index (χ1v) is 7.27. The molecule has 1 heterocycles.